The van der Waals surface area contributed by atoms with Crippen LogP contribution in [-0.4, -0.2) is 11.0 Å². The van der Waals surface area contributed by atoms with Crippen LogP contribution in [0.1, 0.15) is 25.8 Å². The average Bonchev–Trinajstić information content (AvgIpc) is 2.27. The third-order valence-electron chi connectivity index (χ3n) is 2.34. The molecule has 0 radical (unpaired) electrons. The molecule has 0 aliphatic heterocycles. The monoisotopic (exact) mass is 243 g/mol. The molecular weight excluding hydrogens is 230 g/mol. The van der Waals surface area contributed by atoms with Gasteiger partial charge < -0.3 is 4.74 Å². The van der Waals surface area contributed by atoms with Gasteiger partial charge in [0.1, 0.15) is 0 Å². The molecule has 1 unspecified atom stereocenters. The molecule has 1 atom stereocenters. The lowest BCUT2D eigenvalue weighted by Gasteiger charge is -2.11. The number of nitro benzene ring substituents is 1. The van der Waals surface area contributed by atoms with Crippen molar-refractivity contribution in [2.75, 3.05) is 0 Å². The highest BCUT2D eigenvalue weighted by Gasteiger charge is 2.10. The molecule has 0 bridgehead atoms. The number of benzene rings is 1. The molecule has 0 saturated heterocycles. The molecule has 1 aromatic carbocycles. The van der Waals surface area contributed by atoms with E-state index in [1.165, 1.54) is 18.2 Å². The van der Waals surface area contributed by atoms with Crippen LogP contribution in [0, 0.1) is 10.1 Å². The van der Waals surface area contributed by atoms with Crippen molar-refractivity contribution in [1.29, 1.82) is 0 Å². The van der Waals surface area contributed by atoms with Crippen LogP contribution < -0.4 is 0 Å². The number of hydrogen-bond acceptors (Lipinski definition) is 3. The lowest BCUT2D eigenvalue weighted by Crippen LogP contribution is -2.06. The Morgan fingerprint density at radius 3 is 2.81 bits per heavy atom. The lowest BCUT2D eigenvalue weighted by atomic mass is 10.2. The van der Waals surface area contributed by atoms with Crippen molar-refractivity contribution < 1.29 is 9.66 Å². The highest BCUT2D eigenvalue weighted by atomic mass is 35.5. The fourth-order valence-electron chi connectivity index (χ4n) is 1.14. The van der Waals surface area contributed by atoms with Gasteiger partial charge in [-0.05, 0) is 19.4 Å². The predicted octanol–water partition coefficient (Wildman–Crippen LogP) is 3.56. The Bertz CT molecular complexity index is 381. The fraction of sp³-hybridized carbons (Fsp3) is 0.455. The van der Waals surface area contributed by atoms with Crippen LogP contribution in [0.2, 0.25) is 5.02 Å². The van der Waals surface area contributed by atoms with Crippen molar-refractivity contribution in [3.63, 3.8) is 0 Å². The molecule has 4 nitrogen and oxygen atoms in total. The third kappa shape index (κ3) is 3.47. The highest BCUT2D eigenvalue weighted by Crippen LogP contribution is 2.23. The minimum atomic E-state index is -0.441. The van der Waals surface area contributed by atoms with Crippen LogP contribution in [0.4, 0.5) is 5.69 Å². The van der Waals surface area contributed by atoms with E-state index in [0.717, 1.165) is 6.42 Å². The molecule has 5 heteroatoms. The summed E-state index contributed by atoms with van der Waals surface area (Å²) in [4.78, 5) is 10.1. The first kappa shape index (κ1) is 12.9. The van der Waals surface area contributed by atoms with Crippen molar-refractivity contribution in [3.05, 3.63) is 38.9 Å². The first-order valence-corrected chi connectivity index (χ1v) is 5.46. The summed E-state index contributed by atoms with van der Waals surface area (Å²) in [5, 5.41) is 11.1. The zero-order chi connectivity index (χ0) is 12.1. The lowest BCUT2D eigenvalue weighted by molar-refractivity contribution is -0.385. The van der Waals surface area contributed by atoms with E-state index in [-0.39, 0.29) is 11.8 Å². The van der Waals surface area contributed by atoms with Crippen LogP contribution in [0.5, 0.6) is 0 Å². The molecule has 0 aliphatic carbocycles. The quantitative estimate of drug-likeness (QED) is 0.587. The SMILES string of the molecule is CCC(C)OCc1cc([N+](=O)[O-])ccc1Cl. The second kappa shape index (κ2) is 5.82. The minimum Gasteiger partial charge on any atom is -0.374 e. The molecule has 0 saturated carbocycles. The second-order valence-corrected chi connectivity index (χ2v) is 3.97. The largest absolute Gasteiger partial charge is 0.374 e. The van der Waals surface area contributed by atoms with Gasteiger partial charge in [0.15, 0.2) is 0 Å². The standard InChI is InChI=1S/C11H14ClNO3/c1-3-8(2)16-7-9-6-10(13(14)15)4-5-11(9)12/h4-6,8H,3,7H2,1-2H3. The Hall–Kier alpha value is -1.13. The van der Waals surface area contributed by atoms with Crippen molar-refractivity contribution in [2.24, 2.45) is 0 Å². The van der Waals surface area contributed by atoms with Gasteiger partial charge in [-0.15, -0.1) is 0 Å². The van der Waals surface area contributed by atoms with E-state index in [1.807, 2.05) is 13.8 Å². The van der Waals surface area contributed by atoms with Gasteiger partial charge in [-0.25, -0.2) is 0 Å². The summed E-state index contributed by atoms with van der Waals surface area (Å²) in [6.45, 7) is 4.26. The fourth-order valence-corrected chi connectivity index (χ4v) is 1.31. The van der Waals surface area contributed by atoms with Crippen LogP contribution >= 0.6 is 11.6 Å². The van der Waals surface area contributed by atoms with Gasteiger partial charge in [0.2, 0.25) is 0 Å². The number of nitrogens with zero attached hydrogens (tertiary/aromatic N) is 1. The maximum Gasteiger partial charge on any atom is 0.269 e. The number of halogens is 1. The van der Waals surface area contributed by atoms with Crippen molar-refractivity contribution >= 4 is 17.3 Å². The Labute approximate surface area is 99.3 Å². The maximum absolute atomic E-state index is 10.6. The van der Waals surface area contributed by atoms with Gasteiger partial charge in [0.25, 0.3) is 5.69 Å². The summed E-state index contributed by atoms with van der Waals surface area (Å²) in [5.41, 5.74) is 0.684. The highest BCUT2D eigenvalue weighted by molar-refractivity contribution is 6.31. The van der Waals surface area contributed by atoms with E-state index in [9.17, 15) is 10.1 Å². The molecule has 0 aliphatic rings. The molecule has 0 spiro atoms. The van der Waals surface area contributed by atoms with Gasteiger partial charge >= 0.3 is 0 Å². The molecule has 0 N–H and O–H groups in total. The molecule has 16 heavy (non-hydrogen) atoms. The predicted molar refractivity (Wildman–Crippen MR) is 62.6 cm³/mol. The summed E-state index contributed by atoms with van der Waals surface area (Å²) in [6.07, 6.45) is 1.02. The van der Waals surface area contributed by atoms with Crippen LogP contribution in [0.25, 0.3) is 0 Å². The Kier molecular flexibility index (Phi) is 4.71. The van der Waals surface area contributed by atoms with Gasteiger partial charge in [0.05, 0.1) is 17.6 Å². The topological polar surface area (TPSA) is 52.4 Å². The molecule has 1 rings (SSSR count). The number of non-ortho nitro benzene ring substituents is 1. The summed E-state index contributed by atoms with van der Waals surface area (Å²) in [7, 11) is 0. The minimum absolute atomic E-state index is 0.0344. The van der Waals surface area contributed by atoms with Gasteiger partial charge in [-0.3, -0.25) is 10.1 Å². The zero-order valence-electron chi connectivity index (χ0n) is 9.27. The molecular formula is C11H14ClNO3. The second-order valence-electron chi connectivity index (χ2n) is 3.56. The van der Waals surface area contributed by atoms with E-state index >= 15 is 0 Å². The first-order valence-electron chi connectivity index (χ1n) is 5.09. The molecule has 88 valence electrons. The van der Waals surface area contributed by atoms with E-state index in [2.05, 4.69) is 0 Å². The van der Waals surface area contributed by atoms with Gasteiger partial charge in [-0.2, -0.15) is 0 Å². The van der Waals surface area contributed by atoms with Crippen molar-refractivity contribution in [3.8, 4) is 0 Å². The summed E-state index contributed by atoms with van der Waals surface area (Å²) in [5.74, 6) is 0. The average molecular weight is 244 g/mol. The molecule has 0 amide bonds. The molecule has 0 aromatic heterocycles. The third-order valence-corrected chi connectivity index (χ3v) is 2.71. The maximum atomic E-state index is 10.6. The van der Waals surface area contributed by atoms with Gasteiger partial charge in [-0.1, -0.05) is 18.5 Å². The molecule has 1 aromatic rings. The summed E-state index contributed by atoms with van der Waals surface area (Å²) >= 11 is 5.92. The summed E-state index contributed by atoms with van der Waals surface area (Å²) in [6, 6.07) is 4.36. The van der Waals surface area contributed by atoms with Crippen LogP contribution in [-0.2, 0) is 11.3 Å². The first-order chi connectivity index (χ1) is 7.54. The number of hydrogen-bond donors (Lipinski definition) is 0. The smallest absolute Gasteiger partial charge is 0.269 e. The Balaban J connectivity index is 2.78. The number of rotatable bonds is 5. The summed E-state index contributed by atoms with van der Waals surface area (Å²) < 4.78 is 5.49. The zero-order valence-corrected chi connectivity index (χ0v) is 10.0. The number of ether oxygens (including phenoxy) is 1. The van der Waals surface area contributed by atoms with E-state index in [1.54, 1.807) is 0 Å². The van der Waals surface area contributed by atoms with Crippen LogP contribution in [0.3, 0.4) is 0 Å². The van der Waals surface area contributed by atoms with E-state index < -0.39 is 4.92 Å². The van der Waals surface area contributed by atoms with Gasteiger partial charge in [0, 0.05) is 22.7 Å². The van der Waals surface area contributed by atoms with Crippen molar-refractivity contribution in [2.45, 2.75) is 33.0 Å². The van der Waals surface area contributed by atoms with Crippen molar-refractivity contribution in [1.82, 2.24) is 0 Å². The Morgan fingerprint density at radius 1 is 1.56 bits per heavy atom. The Morgan fingerprint density at radius 2 is 2.25 bits per heavy atom. The van der Waals surface area contributed by atoms with E-state index in [0.29, 0.717) is 17.2 Å². The number of nitro groups is 1. The van der Waals surface area contributed by atoms with E-state index in [4.69, 9.17) is 16.3 Å². The van der Waals surface area contributed by atoms with Crippen LogP contribution in [0.15, 0.2) is 18.2 Å². The molecule has 0 fully saturated rings. The molecule has 0 heterocycles. The normalized spacial score (nSPS) is 12.4.